The number of halogens is 1. The summed E-state index contributed by atoms with van der Waals surface area (Å²) in [4.78, 5) is 19.2. The van der Waals surface area contributed by atoms with Crippen LogP contribution in [-0.2, 0) is 4.79 Å². The maximum Gasteiger partial charge on any atom is 0.219 e. The molecule has 2 heterocycles. The van der Waals surface area contributed by atoms with E-state index in [9.17, 15) is 4.79 Å². The van der Waals surface area contributed by atoms with E-state index in [1.807, 2.05) is 6.92 Å². The van der Waals surface area contributed by atoms with Gasteiger partial charge in [0.25, 0.3) is 0 Å². The number of imidazole rings is 1. The number of hydrogen-bond acceptors (Lipinski definition) is 4. The zero-order valence-electron chi connectivity index (χ0n) is 9.22. The molecule has 1 unspecified atom stereocenters. The van der Waals surface area contributed by atoms with Crippen LogP contribution in [0.2, 0.25) is 5.02 Å². The Hall–Kier alpha value is -1.82. The number of rotatable bonds is 3. The summed E-state index contributed by atoms with van der Waals surface area (Å²) in [6.07, 6.45) is 1.69. The van der Waals surface area contributed by atoms with Gasteiger partial charge in [-0.2, -0.15) is 0 Å². The molecule has 1 amide bonds. The average molecular weight is 254 g/mol. The first kappa shape index (κ1) is 11.7. The summed E-state index contributed by atoms with van der Waals surface area (Å²) in [7, 11) is 0. The van der Waals surface area contributed by atoms with Gasteiger partial charge in [-0.15, -0.1) is 0 Å². The fourth-order valence-corrected chi connectivity index (χ4v) is 1.94. The number of hydrogen-bond donors (Lipinski definition) is 2. The van der Waals surface area contributed by atoms with E-state index in [0.717, 1.165) is 0 Å². The molecule has 0 saturated carbocycles. The molecule has 1 atom stereocenters. The minimum absolute atomic E-state index is 0.181. The van der Waals surface area contributed by atoms with Gasteiger partial charge in [0.15, 0.2) is 5.65 Å². The fraction of sp³-hybridized carbons (Fsp3) is 0.300. The summed E-state index contributed by atoms with van der Waals surface area (Å²) in [6, 6.07) is 1.49. The Balaban J connectivity index is 2.53. The summed E-state index contributed by atoms with van der Waals surface area (Å²) in [5.74, 6) is -0.101. The first-order valence-corrected chi connectivity index (χ1v) is 5.44. The number of nitrogens with two attached hydrogens (primary N) is 2. The highest BCUT2D eigenvalue weighted by Gasteiger charge is 2.16. The largest absolute Gasteiger partial charge is 0.370 e. The first-order chi connectivity index (χ1) is 7.99. The topological polar surface area (TPSA) is 99.8 Å². The Morgan fingerprint density at radius 1 is 1.65 bits per heavy atom. The third-order valence-electron chi connectivity index (χ3n) is 2.46. The van der Waals surface area contributed by atoms with Crippen molar-refractivity contribution in [3.63, 3.8) is 0 Å². The Labute approximate surface area is 103 Å². The number of fused-ring (bicyclic) bond motifs is 1. The normalized spacial score (nSPS) is 12.8. The first-order valence-electron chi connectivity index (χ1n) is 5.06. The summed E-state index contributed by atoms with van der Waals surface area (Å²) in [6.45, 7) is 1.83. The molecule has 4 N–H and O–H groups in total. The van der Waals surface area contributed by atoms with Crippen molar-refractivity contribution in [3.8, 4) is 0 Å². The molecule has 0 aliphatic heterocycles. The van der Waals surface area contributed by atoms with Crippen LogP contribution < -0.4 is 11.5 Å². The number of amides is 1. The number of pyridine rings is 1. The van der Waals surface area contributed by atoms with Gasteiger partial charge in [-0.1, -0.05) is 11.6 Å². The van der Waals surface area contributed by atoms with Crippen LogP contribution in [0, 0.1) is 0 Å². The predicted octanol–water partition coefficient (Wildman–Crippen LogP) is 1.10. The smallest absolute Gasteiger partial charge is 0.219 e. The molecule has 0 spiro atoms. The van der Waals surface area contributed by atoms with Crippen molar-refractivity contribution >= 4 is 34.6 Å². The Morgan fingerprint density at radius 2 is 2.35 bits per heavy atom. The van der Waals surface area contributed by atoms with Crippen LogP contribution >= 0.6 is 11.6 Å². The standard InChI is InChI=1S/C10H12ClN5O/c1-5(2-8(12)17)16-9-7(15-10(16)13)3-6(11)4-14-9/h3-5H,2H2,1H3,(H2,12,17)(H2,13,15). The molecule has 6 nitrogen and oxygen atoms in total. The molecule has 0 aromatic carbocycles. The van der Waals surface area contributed by atoms with Gasteiger partial charge in [0.1, 0.15) is 5.52 Å². The predicted molar refractivity (Wildman–Crippen MR) is 65.5 cm³/mol. The lowest BCUT2D eigenvalue weighted by atomic mass is 10.2. The minimum atomic E-state index is -0.396. The van der Waals surface area contributed by atoms with Crippen molar-refractivity contribution in [2.45, 2.75) is 19.4 Å². The highest BCUT2D eigenvalue weighted by Crippen LogP contribution is 2.24. The lowest BCUT2D eigenvalue weighted by molar-refractivity contribution is -0.118. The van der Waals surface area contributed by atoms with E-state index in [-0.39, 0.29) is 12.5 Å². The molecule has 0 bridgehead atoms. The second-order valence-corrected chi connectivity index (χ2v) is 4.29. The van der Waals surface area contributed by atoms with Crippen molar-refractivity contribution in [2.24, 2.45) is 5.73 Å². The quantitative estimate of drug-likeness (QED) is 0.855. The van der Waals surface area contributed by atoms with Gasteiger partial charge in [-0.25, -0.2) is 9.97 Å². The Kier molecular flexibility index (Phi) is 2.89. The molecule has 2 rings (SSSR count). The van der Waals surface area contributed by atoms with E-state index >= 15 is 0 Å². The van der Waals surface area contributed by atoms with Crippen molar-refractivity contribution < 1.29 is 4.79 Å². The minimum Gasteiger partial charge on any atom is -0.370 e. The summed E-state index contributed by atoms with van der Waals surface area (Å²) in [5.41, 5.74) is 12.2. The van der Waals surface area contributed by atoms with E-state index in [1.165, 1.54) is 6.20 Å². The van der Waals surface area contributed by atoms with Crippen LogP contribution in [0.4, 0.5) is 5.95 Å². The van der Waals surface area contributed by atoms with E-state index in [0.29, 0.717) is 22.1 Å². The maximum absolute atomic E-state index is 10.9. The molecule has 2 aromatic rings. The maximum atomic E-state index is 10.9. The van der Waals surface area contributed by atoms with Crippen LogP contribution in [-0.4, -0.2) is 20.4 Å². The molecule has 17 heavy (non-hydrogen) atoms. The van der Waals surface area contributed by atoms with Gasteiger partial charge in [0.05, 0.1) is 5.02 Å². The summed E-state index contributed by atoms with van der Waals surface area (Å²) in [5, 5.41) is 0.490. The van der Waals surface area contributed by atoms with Crippen LogP contribution in [0.1, 0.15) is 19.4 Å². The van der Waals surface area contributed by atoms with E-state index in [2.05, 4.69) is 9.97 Å². The highest BCUT2D eigenvalue weighted by molar-refractivity contribution is 6.31. The molecule has 7 heteroatoms. The number of aromatic nitrogens is 3. The molecule has 0 saturated heterocycles. The number of carbonyl (C=O) groups excluding carboxylic acids is 1. The van der Waals surface area contributed by atoms with E-state index in [1.54, 1.807) is 10.6 Å². The van der Waals surface area contributed by atoms with Gasteiger partial charge in [-0.3, -0.25) is 9.36 Å². The SMILES string of the molecule is CC(CC(N)=O)n1c(N)nc2cc(Cl)cnc21. The molecule has 0 fully saturated rings. The monoisotopic (exact) mass is 253 g/mol. The second-order valence-electron chi connectivity index (χ2n) is 3.86. The molecular weight excluding hydrogens is 242 g/mol. The zero-order chi connectivity index (χ0) is 12.6. The molecule has 0 radical (unpaired) electrons. The van der Waals surface area contributed by atoms with Crippen molar-refractivity contribution in [2.75, 3.05) is 5.73 Å². The Morgan fingerprint density at radius 3 is 3.00 bits per heavy atom. The zero-order valence-corrected chi connectivity index (χ0v) is 9.98. The molecule has 2 aromatic heterocycles. The third-order valence-corrected chi connectivity index (χ3v) is 2.67. The number of anilines is 1. The Bertz CT molecular complexity index is 579. The van der Waals surface area contributed by atoms with Crippen molar-refractivity contribution in [3.05, 3.63) is 17.3 Å². The number of primary amides is 1. The third kappa shape index (κ3) is 2.16. The van der Waals surface area contributed by atoms with Gasteiger partial charge in [-0.05, 0) is 13.0 Å². The highest BCUT2D eigenvalue weighted by atomic mass is 35.5. The average Bonchev–Trinajstić information content (AvgIpc) is 2.51. The second kappa shape index (κ2) is 4.21. The summed E-state index contributed by atoms with van der Waals surface area (Å²) >= 11 is 5.82. The van der Waals surface area contributed by atoms with Gasteiger partial charge >= 0.3 is 0 Å². The van der Waals surface area contributed by atoms with Gasteiger partial charge < -0.3 is 11.5 Å². The van der Waals surface area contributed by atoms with Crippen LogP contribution in [0.3, 0.4) is 0 Å². The number of carbonyl (C=O) groups is 1. The lowest BCUT2D eigenvalue weighted by Gasteiger charge is -2.13. The van der Waals surface area contributed by atoms with Crippen LogP contribution in [0.5, 0.6) is 0 Å². The summed E-state index contributed by atoms with van der Waals surface area (Å²) < 4.78 is 1.68. The van der Waals surface area contributed by atoms with Crippen LogP contribution in [0.15, 0.2) is 12.3 Å². The molecule has 0 aliphatic carbocycles. The van der Waals surface area contributed by atoms with Gasteiger partial charge in [0, 0.05) is 18.7 Å². The molecule has 0 aliphatic rings. The number of nitrogen functional groups attached to an aromatic ring is 1. The van der Waals surface area contributed by atoms with E-state index in [4.69, 9.17) is 23.1 Å². The van der Waals surface area contributed by atoms with Crippen molar-refractivity contribution in [1.29, 1.82) is 0 Å². The number of nitrogens with zero attached hydrogens (tertiary/aromatic N) is 3. The van der Waals surface area contributed by atoms with Crippen LogP contribution in [0.25, 0.3) is 11.2 Å². The van der Waals surface area contributed by atoms with E-state index < -0.39 is 5.91 Å². The molecule has 90 valence electrons. The molecular formula is C10H12ClN5O. The lowest BCUT2D eigenvalue weighted by Crippen LogP contribution is -2.18. The van der Waals surface area contributed by atoms with Gasteiger partial charge in [0.2, 0.25) is 11.9 Å². The fourth-order valence-electron chi connectivity index (χ4n) is 1.79. The van der Waals surface area contributed by atoms with Crippen molar-refractivity contribution in [1.82, 2.24) is 14.5 Å².